The van der Waals surface area contributed by atoms with Crippen molar-refractivity contribution >= 4 is 47.4 Å². The van der Waals surface area contributed by atoms with Gasteiger partial charge >= 0.3 is 23.9 Å². The number of hydrogen-bond acceptors (Lipinski definition) is 15. The number of anilines is 2. The monoisotopic (exact) mass is 1050 g/mol. The van der Waals surface area contributed by atoms with Gasteiger partial charge in [-0.05, 0) is 71.1 Å². The number of aromatic nitrogens is 2. The van der Waals surface area contributed by atoms with Crippen LogP contribution in [0.25, 0.3) is 0 Å². The third-order valence-corrected chi connectivity index (χ3v) is 15.0. The number of carbonyl (C=O) groups excluding carboxylic acids is 6. The van der Waals surface area contributed by atoms with E-state index in [0.29, 0.717) is 47.0 Å². The van der Waals surface area contributed by atoms with Crippen molar-refractivity contribution in [3.05, 3.63) is 185 Å². The van der Waals surface area contributed by atoms with E-state index in [4.69, 9.17) is 18.9 Å². The molecule has 3 fully saturated rings. The third kappa shape index (κ3) is 9.67. The van der Waals surface area contributed by atoms with Crippen LogP contribution >= 0.6 is 0 Å². The van der Waals surface area contributed by atoms with Crippen LogP contribution in [0.15, 0.2) is 152 Å². The molecular weight excluding hydrogens is 995 g/mol. The van der Waals surface area contributed by atoms with Crippen molar-refractivity contribution in [2.24, 2.45) is 11.8 Å². The molecule has 5 aromatic carbocycles. The number of urea groups is 1. The summed E-state index contributed by atoms with van der Waals surface area (Å²) in [4.78, 5) is 106. The lowest BCUT2D eigenvalue weighted by Crippen LogP contribution is -2.59. The molecule has 7 atom stereocenters. The lowest BCUT2D eigenvalue weighted by molar-refractivity contribution is -0.179. The molecule has 4 amide bonds. The molecule has 18 nitrogen and oxygen atoms in total. The lowest BCUT2D eigenvalue weighted by Gasteiger charge is -2.46. The maximum Gasteiger partial charge on any atom is 0.329 e. The Morgan fingerprint density at radius 1 is 0.769 bits per heavy atom. The first-order valence-electron chi connectivity index (χ1n) is 25.7. The largest absolute Gasteiger partial charge is 0.491 e. The molecule has 18 heteroatoms. The van der Waals surface area contributed by atoms with E-state index in [1.54, 1.807) is 72.7 Å². The van der Waals surface area contributed by atoms with Crippen molar-refractivity contribution in [3.63, 3.8) is 0 Å². The highest BCUT2D eigenvalue weighted by Crippen LogP contribution is 2.66. The van der Waals surface area contributed by atoms with E-state index in [9.17, 15) is 14.7 Å². The van der Waals surface area contributed by atoms with Crippen LogP contribution < -0.4 is 19.9 Å². The standard InChI is InChI=1S/C60H57N7O11/c1-38(40-17-7-4-8-18-40)63-59(74)66-47-27-26-39(16-13-25-45(54(70)75-2)55(71)76-3)36-46(47)60(57(66)73)48(53(69)64-30-32-65(33-31-64)58-61-28-15-29-62-58)50-56(72)78-51(42-21-11-6-12-22-42)49(41-19-9-5-10-20-41)67(50)52(60)43-23-14-24-44(37-43)77-35-34-68/h4-12,14-15,17-24,26-29,36-38,45,48-52,68H,25,30-35H2,1-3H3,(H,63,74)/t38-,48-,49-,50-,51+,52+,60-/m1/s1. The van der Waals surface area contributed by atoms with Gasteiger partial charge in [-0.2, -0.15) is 0 Å². The van der Waals surface area contributed by atoms with E-state index >= 15 is 19.2 Å². The number of piperazine rings is 1. The Labute approximate surface area is 450 Å². The Bertz CT molecular complexity index is 3250. The average Bonchev–Trinajstić information content (AvgIpc) is 4.01. The topological polar surface area (TPSA) is 210 Å². The molecule has 0 radical (unpaired) electrons. The molecule has 0 saturated carbocycles. The fraction of sp³-hybridized carbons (Fsp3) is 0.300. The van der Waals surface area contributed by atoms with E-state index in [0.717, 1.165) is 24.7 Å². The minimum Gasteiger partial charge on any atom is -0.491 e. The number of nitrogens with one attached hydrogen (secondary N) is 1. The van der Waals surface area contributed by atoms with Gasteiger partial charge in [-0.3, -0.25) is 28.9 Å². The van der Waals surface area contributed by atoms with Crippen molar-refractivity contribution in [3.8, 4) is 17.6 Å². The summed E-state index contributed by atoms with van der Waals surface area (Å²) >= 11 is 0. The van der Waals surface area contributed by atoms with Crippen LogP contribution in [0, 0.1) is 23.7 Å². The number of aliphatic hydroxyl groups is 1. The predicted octanol–water partition coefficient (Wildman–Crippen LogP) is 6.04. The number of ether oxygens (including phenoxy) is 4. The van der Waals surface area contributed by atoms with Gasteiger partial charge in [0.25, 0.3) is 0 Å². The van der Waals surface area contributed by atoms with Gasteiger partial charge in [0.1, 0.15) is 29.9 Å². The van der Waals surface area contributed by atoms with Gasteiger partial charge in [0, 0.05) is 50.6 Å². The Morgan fingerprint density at radius 3 is 2.06 bits per heavy atom. The Balaban J connectivity index is 1.24. The summed E-state index contributed by atoms with van der Waals surface area (Å²) in [5.74, 6) is 0.0959. The highest BCUT2D eigenvalue weighted by Gasteiger charge is 2.76. The van der Waals surface area contributed by atoms with Gasteiger partial charge in [0.15, 0.2) is 5.92 Å². The number of aliphatic hydroxyl groups excluding tert-OH is 1. The molecule has 2 N–H and O–H groups in total. The third-order valence-electron chi connectivity index (χ3n) is 15.0. The molecular formula is C60H57N7O11. The van der Waals surface area contributed by atoms with Crippen molar-refractivity contribution in [2.75, 3.05) is 63.4 Å². The fourth-order valence-corrected chi connectivity index (χ4v) is 11.6. The minimum atomic E-state index is -2.14. The number of hydrogen-bond donors (Lipinski definition) is 2. The quantitative estimate of drug-likeness (QED) is 0.0585. The maximum atomic E-state index is 17.0. The number of esters is 3. The molecule has 4 aliphatic rings. The second kappa shape index (κ2) is 22.7. The summed E-state index contributed by atoms with van der Waals surface area (Å²) in [5.41, 5.74) is 1.09. The number of cyclic esters (lactones) is 1. The molecule has 0 bridgehead atoms. The van der Waals surface area contributed by atoms with Crippen LogP contribution in [0.3, 0.4) is 0 Å². The van der Waals surface area contributed by atoms with Crippen LogP contribution in [-0.4, -0.2) is 120 Å². The molecule has 1 spiro atoms. The summed E-state index contributed by atoms with van der Waals surface area (Å²) in [6, 6.07) is 36.6. The molecule has 78 heavy (non-hydrogen) atoms. The number of fused-ring (bicyclic) bond motifs is 3. The number of methoxy groups -OCH3 is 2. The summed E-state index contributed by atoms with van der Waals surface area (Å²) in [6.07, 6.45) is 2.01. The maximum absolute atomic E-state index is 17.0. The van der Waals surface area contributed by atoms with E-state index in [1.165, 1.54) is 0 Å². The molecule has 10 rings (SSSR count). The van der Waals surface area contributed by atoms with Crippen LogP contribution in [0.5, 0.6) is 5.75 Å². The number of nitrogens with zero attached hydrogens (tertiary/aromatic N) is 6. The molecule has 398 valence electrons. The molecule has 0 unspecified atom stereocenters. The Morgan fingerprint density at radius 2 is 1.41 bits per heavy atom. The van der Waals surface area contributed by atoms with Crippen molar-refractivity contribution in [1.29, 1.82) is 0 Å². The Kier molecular flexibility index (Phi) is 15.3. The number of benzene rings is 5. The fourth-order valence-electron chi connectivity index (χ4n) is 11.6. The predicted molar refractivity (Wildman–Crippen MR) is 284 cm³/mol. The highest BCUT2D eigenvalue weighted by atomic mass is 16.6. The Hall–Kier alpha value is -8.92. The second-order valence-electron chi connectivity index (χ2n) is 19.3. The van der Waals surface area contributed by atoms with Gasteiger partial charge in [-0.1, -0.05) is 115 Å². The highest BCUT2D eigenvalue weighted by molar-refractivity contribution is 6.24. The van der Waals surface area contributed by atoms with E-state index in [-0.39, 0.29) is 44.0 Å². The van der Waals surface area contributed by atoms with E-state index in [2.05, 4.69) is 27.1 Å². The first-order chi connectivity index (χ1) is 38.0. The van der Waals surface area contributed by atoms with Gasteiger partial charge in [-0.25, -0.2) is 19.7 Å². The van der Waals surface area contributed by atoms with Gasteiger partial charge in [0.2, 0.25) is 17.8 Å². The summed E-state index contributed by atoms with van der Waals surface area (Å²) in [5, 5.41) is 13.0. The van der Waals surface area contributed by atoms with Crippen molar-refractivity contribution in [2.45, 2.75) is 49.0 Å². The molecule has 3 saturated heterocycles. The number of imide groups is 1. The number of rotatable bonds is 13. The average molecular weight is 1050 g/mol. The zero-order valence-electron chi connectivity index (χ0n) is 43.1. The van der Waals surface area contributed by atoms with E-state index in [1.807, 2.05) is 101 Å². The molecule has 4 aliphatic heterocycles. The SMILES string of the molecule is COC(=O)C(CC#Cc1ccc2c(c1)[C@]1(C(=O)N2C(=O)N[C@H](C)c2ccccc2)[C@H](c2cccc(OCCO)c2)N2[C@H](c3ccccc3)[C@H](c3ccccc3)OC(=O)[C@H]2[C@@H]1C(=O)N1CCN(c2ncccn2)CC1)C(=O)OC. The van der Waals surface area contributed by atoms with Gasteiger partial charge in [-0.15, -0.1) is 0 Å². The molecule has 6 aromatic rings. The zero-order chi connectivity index (χ0) is 54.5. The van der Waals surface area contributed by atoms with Gasteiger partial charge < -0.3 is 39.2 Å². The van der Waals surface area contributed by atoms with Crippen LogP contribution in [-0.2, 0) is 43.6 Å². The second-order valence-corrected chi connectivity index (χ2v) is 19.3. The van der Waals surface area contributed by atoms with Crippen LogP contribution in [0.2, 0.25) is 0 Å². The smallest absolute Gasteiger partial charge is 0.329 e. The summed E-state index contributed by atoms with van der Waals surface area (Å²) in [7, 11) is 2.31. The molecule has 1 aromatic heterocycles. The first-order valence-corrected chi connectivity index (χ1v) is 25.7. The normalized spacial score (nSPS) is 21.9. The van der Waals surface area contributed by atoms with Crippen LogP contribution in [0.4, 0.5) is 16.4 Å². The first kappa shape index (κ1) is 52.5. The van der Waals surface area contributed by atoms with Crippen LogP contribution in [0.1, 0.15) is 71.0 Å². The van der Waals surface area contributed by atoms with Crippen molar-refractivity contribution < 1.29 is 52.8 Å². The minimum absolute atomic E-state index is 0.0636. The number of carbonyl (C=O) groups is 6. The zero-order valence-corrected chi connectivity index (χ0v) is 43.1. The van der Waals surface area contributed by atoms with Gasteiger partial charge in [0.05, 0.1) is 50.6 Å². The van der Waals surface area contributed by atoms with E-state index < -0.39 is 83.3 Å². The number of morpholine rings is 1. The summed E-state index contributed by atoms with van der Waals surface area (Å²) in [6.45, 7) is 2.38. The van der Waals surface area contributed by atoms with Crippen molar-refractivity contribution in [1.82, 2.24) is 25.1 Å². The molecule has 5 heterocycles. The molecule has 0 aliphatic carbocycles. The summed E-state index contributed by atoms with van der Waals surface area (Å²) < 4.78 is 22.5. The number of amides is 4. The lowest BCUT2D eigenvalue weighted by atomic mass is 9.64.